The molecule has 2 aromatic carbocycles. The number of anilines is 1. The maximum Gasteiger partial charge on any atom is 0.257 e. The van der Waals surface area contributed by atoms with E-state index in [9.17, 15) is 14.9 Å². The van der Waals surface area contributed by atoms with Gasteiger partial charge in [0.05, 0.1) is 11.5 Å². The molecule has 1 atom stereocenters. The van der Waals surface area contributed by atoms with Crippen LogP contribution < -0.4 is 11.3 Å². The third-order valence-corrected chi connectivity index (χ3v) is 5.61. The molecule has 1 aromatic heterocycles. The molecule has 28 heavy (non-hydrogen) atoms. The number of nitrogen functional groups attached to an aromatic ring is 1. The van der Waals surface area contributed by atoms with E-state index in [1.165, 1.54) is 11.8 Å². The third kappa shape index (κ3) is 4.99. The molecule has 0 saturated heterocycles. The Morgan fingerprint density at radius 1 is 1.18 bits per heavy atom. The Labute approximate surface area is 173 Å². The van der Waals surface area contributed by atoms with Crippen molar-refractivity contribution in [3.8, 4) is 0 Å². The van der Waals surface area contributed by atoms with Crippen molar-refractivity contribution in [3.63, 3.8) is 0 Å². The van der Waals surface area contributed by atoms with Gasteiger partial charge in [-0.1, -0.05) is 70.2 Å². The average Bonchev–Trinajstić information content (AvgIpc) is 2.66. The van der Waals surface area contributed by atoms with Crippen LogP contribution in [0.15, 0.2) is 69.0 Å². The molecule has 0 aliphatic heterocycles. The SMILES string of the molecule is Nc1nc(SCc2ccccc2)[nH]c(=O)c1C(C[N+](=O)[O-])c1ccc(Br)cc1. The summed E-state index contributed by atoms with van der Waals surface area (Å²) in [5, 5.41) is 11.6. The second-order valence-corrected chi connectivity index (χ2v) is 7.94. The van der Waals surface area contributed by atoms with E-state index >= 15 is 0 Å². The van der Waals surface area contributed by atoms with Crippen LogP contribution in [0.3, 0.4) is 0 Å². The second-order valence-electron chi connectivity index (χ2n) is 6.06. The molecule has 3 aromatic rings. The summed E-state index contributed by atoms with van der Waals surface area (Å²) in [5.41, 5.74) is 7.42. The fourth-order valence-electron chi connectivity index (χ4n) is 2.82. The number of H-pyrrole nitrogens is 1. The molecular formula is C19H17BrN4O3S. The third-order valence-electron chi connectivity index (χ3n) is 4.13. The number of nitrogens with one attached hydrogen (secondary N) is 1. The second kappa shape index (κ2) is 9.03. The Hall–Kier alpha value is -2.65. The molecule has 0 spiro atoms. The Kier molecular flexibility index (Phi) is 6.48. The van der Waals surface area contributed by atoms with Crippen molar-refractivity contribution in [3.05, 3.63) is 96.2 Å². The summed E-state index contributed by atoms with van der Waals surface area (Å²) < 4.78 is 0.837. The zero-order valence-corrected chi connectivity index (χ0v) is 17.1. The molecule has 0 aliphatic rings. The number of thioether (sulfide) groups is 1. The molecule has 0 radical (unpaired) electrons. The van der Waals surface area contributed by atoms with Gasteiger partial charge >= 0.3 is 0 Å². The van der Waals surface area contributed by atoms with Crippen LogP contribution in [0.5, 0.6) is 0 Å². The van der Waals surface area contributed by atoms with E-state index < -0.39 is 22.9 Å². The van der Waals surface area contributed by atoms with Crippen LogP contribution in [0.25, 0.3) is 0 Å². The molecular weight excluding hydrogens is 444 g/mol. The van der Waals surface area contributed by atoms with Crippen molar-refractivity contribution in [1.82, 2.24) is 9.97 Å². The number of aromatic amines is 1. The predicted octanol–water partition coefficient (Wildman–Crippen LogP) is 3.82. The summed E-state index contributed by atoms with van der Waals surface area (Å²) in [6.45, 7) is -0.451. The van der Waals surface area contributed by atoms with Gasteiger partial charge in [-0.05, 0) is 23.3 Å². The molecule has 0 saturated carbocycles. The van der Waals surface area contributed by atoms with Crippen LogP contribution >= 0.6 is 27.7 Å². The van der Waals surface area contributed by atoms with Gasteiger partial charge < -0.3 is 10.7 Å². The summed E-state index contributed by atoms with van der Waals surface area (Å²) in [6, 6.07) is 16.7. The number of rotatable bonds is 7. The van der Waals surface area contributed by atoms with E-state index in [1.807, 2.05) is 30.3 Å². The average molecular weight is 461 g/mol. The molecule has 1 unspecified atom stereocenters. The highest BCUT2D eigenvalue weighted by Crippen LogP contribution is 2.28. The minimum absolute atomic E-state index is 0.00841. The van der Waals surface area contributed by atoms with Gasteiger partial charge in [0.2, 0.25) is 6.54 Å². The largest absolute Gasteiger partial charge is 0.383 e. The molecule has 1 heterocycles. The maximum atomic E-state index is 12.7. The Morgan fingerprint density at radius 3 is 2.46 bits per heavy atom. The Balaban J connectivity index is 1.91. The molecule has 3 rings (SSSR count). The van der Waals surface area contributed by atoms with Gasteiger partial charge in [-0.3, -0.25) is 14.9 Å². The van der Waals surface area contributed by atoms with Crippen molar-refractivity contribution in [2.24, 2.45) is 0 Å². The van der Waals surface area contributed by atoms with Gasteiger partial charge in [-0.15, -0.1) is 0 Å². The number of hydrogen-bond acceptors (Lipinski definition) is 6. The van der Waals surface area contributed by atoms with Gasteiger partial charge in [0, 0.05) is 15.1 Å². The number of aromatic nitrogens is 2. The molecule has 3 N–H and O–H groups in total. The molecule has 0 amide bonds. The number of halogens is 1. The highest BCUT2D eigenvalue weighted by atomic mass is 79.9. The fraction of sp³-hybridized carbons (Fsp3) is 0.158. The fourth-order valence-corrected chi connectivity index (χ4v) is 3.90. The van der Waals surface area contributed by atoms with E-state index in [4.69, 9.17) is 5.73 Å². The first-order chi connectivity index (χ1) is 13.4. The topological polar surface area (TPSA) is 115 Å². The van der Waals surface area contributed by atoms with E-state index in [0.29, 0.717) is 16.5 Å². The standard InChI is InChI=1S/C19H17BrN4O3S/c20-14-8-6-13(7-9-14)15(10-24(26)27)16-17(21)22-19(23-18(16)25)28-11-12-4-2-1-3-5-12/h1-9,15H,10-11H2,(H3,21,22,23,25). The van der Waals surface area contributed by atoms with Crippen molar-refractivity contribution in [2.75, 3.05) is 12.3 Å². The van der Waals surface area contributed by atoms with E-state index in [1.54, 1.807) is 24.3 Å². The first-order valence-electron chi connectivity index (χ1n) is 8.37. The lowest BCUT2D eigenvalue weighted by atomic mass is 9.92. The molecule has 144 valence electrons. The van der Waals surface area contributed by atoms with Crippen molar-refractivity contribution in [2.45, 2.75) is 16.8 Å². The lowest BCUT2D eigenvalue weighted by Gasteiger charge is -2.15. The van der Waals surface area contributed by atoms with Gasteiger partial charge in [0.25, 0.3) is 5.56 Å². The van der Waals surface area contributed by atoms with Crippen molar-refractivity contribution < 1.29 is 4.92 Å². The first-order valence-corrected chi connectivity index (χ1v) is 10.2. The van der Waals surface area contributed by atoms with E-state index in [2.05, 4.69) is 25.9 Å². The summed E-state index contributed by atoms with van der Waals surface area (Å²) >= 11 is 4.68. The van der Waals surface area contributed by atoms with Crippen molar-refractivity contribution in [1.29, 1.82) is 0 Å². The maximum absolute atomic E-state index is 12.7. The normalized spacial score (nSPS) is 11.9. The highest BCUT2D eigenvalue weighted by Gasteiger charge is 2.26. The number of hydrogen-bond donors (Lipinski definition) is 2. The number of nitrogens with zero attached hydrogens (tertiary/aromatic N) is 2. The van der Waals surface area contributed by atoms with Crippen LogP contribution in [-0.4, -0.2) is 21.4 Å². The Morgan fingerprint density at radius 2 is 1.86 bits per heavy atom. The van der Waals surface area contributed by atoms with Gasteiger partial charge in [0.1, 0.15) is 5.82 Å². The lowest BCUT2D eigenvalue weighted by molar-refractivity contribution is -0.481. The first kappa shape index (κ1) is 20.1. The molecule has 0 fully saturated rings. The minimum Gasteiger partial charge on any atom is -0.383 e. The van der Waals surface area contributed by atoms with Crippen LogP contribution in [-0.2, 0) is 5.75 Å². The lowest BCUT2D eigenvalue weighted by Crippen LogP contribution is -2.26. The summed E-state index contributed by atoms with van der Waals surface area (Å²) in [5.74, 6) is -0.158. The van der Waals surface area contributed by atoms with Crippen LogP contribution in [0.4, 0.5) is 5.82 Å². The molecule has 9 heteroatoms. The zero-order valence-electron chi connectivity index (χ0n) is 14.7. The van der Waals surface area contributed by atoms with Crippen LogP contribution in [0.2, 0.25) is 0 Å². The van der Waals surface area contributed by atoms with E-state index in [-0.39, 0.29) is 11.4 Å². The van der Waals surface area contributed by atoms with Gasteiger partial charge in [-0.2, -0.15) is 0 Å². The summed E-state index contributed by atoms with van der Waals surface area (Å²) in [6.07, 6.45) is 0. The van der Waals surface area contributed by atoms with Crippen LogP contribution in [0, 0.1) is 10.1 Å². The quantitative estimate of drug-likeness (QED) is 0.239. The predicted molar refractivity (Wildman–Crippen MR) is 113 cm³/mol. The number of nitrogens with two attached hydrogens (primary N) is 1. The zero-order chi connectivity index (χ0) is 20.1. The van der Waals surface area contributed by atoms with Crippen molar-refractivity contribution >= 4 is 33.5 Å². The summed E-state index contributed by atoms with van der Waals surface area (Å²) in [7, 11) is 0. The van der Waals surface area contributed by atoms with Gasteiger partial charge in [0.15, 0.2) is 5.16 Å². The van der Waals surface area contributed by atoms with Crippen LogP contribution in [0.1, 0.15) is 22.6 Å². The number of nitro groups is 1. The minimum atomic E-state index is -0.785. The molecule has 7 nitrogen and oxygen atoms in total. The smallest absolute Gasteiger partial charge is 0.257 e. The monoisotopic (exact) mass is 460 g/mol. The van der Waals surface area contributed by atoms with E-state index in [0.717, 1.165) is 10.0 Å². The Bertz CT molecular complexity index is 1030. The molecule has 0 aliphatic carbocycles. The highest BCUT2D eigenvalue weighted by molar-refractivity contribution is 9.10. The number of benzene rings is 2. The van der Waals surface area contributed by atoms with Gasteiger partial charge in [-0.25, -0.2) is 4.98 Å². The summed E-state index contributed by atoms with van der Waals surface area (Å²) in [4.78, 5) is 30.4. The molecule has 0 bridgehead atoms.